The van der Waals surface area contributed by atoms with Gasteiger partial charge in [0.2, 0.25) is 5.69 Å². The summed E-state index contributed by atoms with van der Waals surface area (Å²) in [5.74, 6) is -0.284. The number of benzene rings is 1. The predicted molar refractivity (Wildman–Crippen MR) is 99.3 cm³/mol. The van der Waals surface area contributed by atoms with Gasteiger partial charge in [-0.15, -0.1) is 0 Å². The van der Waals surface area contributed by atoms with Gasteiger partial charge in [-0.1, -0.05) is 12.1 Å². The van der Waals surface area contributed by atoms with Crippen LogP contribution in [0.5, 0.6) is 0 Å². The van der Waals surface area contributed by atoms with Crippen LogP contribution in [-0.2, 0) is 16.7 Å². The van der Waals surface area contributed by atoms with Crippen molar-refractivity contribution < 1.29 is 13.9 Å². The van der Waals surface area contributed by atoms with E-state index in [1.165, 1.54) is 18.3 Å². The average Bonchev–Trinajstić information content (AvgIpc) is 2.84. The number of nitrogens with zero attached hydrogens (tertiary/aromatic N) is 3. The minimum atomic E-state index is -0.848. The second-order valence-corrected chi connectivity index (χ2v) is 6.61. The Morgan fingerprint density at radius 2 is 2.22 bits per heavy atom. The first kappa shape index (κ1) is 18.7. The van der Waals surface area contributed by atoms with Crippen molar-refractivity contribution >= 4 is 17.3 Å². The van der Waals surface area contributed by atoms with E-state index in [4.69, 9.17) is 17.0 Å². The van der Waals surface area contributed by atoms with Gasteiger partial charge in [0.15, 0.2) is 5.78 Å². The Kier molecular flexibility index (Phi) is 5.28. The van der Waals surface area contributed by atoms with E-state index in [0.29, 0.717) is 35.7 Å². The molecule has 0 saturated heterocycles. The summed E-state index contributed by atoms with van der Waals surface area (Å²) in [5.41, 5.74) is 6.67. The molecule has 1 atom stereocenters. The summed E-state index contributed by atoms with van der Waals surface area (Å²) in [6.45, 7) is 9.38. The fraction of sp³-hybridized carbons (Fsp3) is 0.300. The maximum absolute atomic E-state index is 14.5. The summed E-state index contributed by atoms with van der Waals surface area (Å²) in [6.07, 6.45) is 1.92. The molecule has 0 fully saturated rings. The van der Waals surface area contributed by atoms with Crippen LogP contribution in [-0.4, -0.2) is 29.8 Å². The van der Waals surface area contributed by atoms with Crippen molar-refractivity contribution in [1.29, 1.82) is 0 Å². The number of Topliss-reactive ketones (excluding diaryl/α,β-unsaturated/α-hetero) is 1. The number of aliphatic imine (C=N–C) groups is 1. The summed E-state index contributed by atoms with van der Waals surface area (Å²) in [4.78, 5) is 24.2. The minimum Gasteiger partial charge on any atom is -0.386 e. The molecule has 6 nitrogen and oxygen atoms in total. The van der Waals surface area contributed by atoms with Crippen molar-refractivity contribution in [2.45, 2.75) is 25.3 Å². The molecule has 0 unspecified atom stereocenters. The van der Waals surface area contributed by atoms with E-state index < -0.39 is 11.4 Å². The lowest BCUT2D eigenvalue weighted by molar-refractivity contribution is 0.0988. The Balaban J connectivity index is 1.87. The van der Waals surface area contributed by atoms with Gasteiger partial charge < -0.3 is 10.5 Å². The fourth-order valence-corrected chi connectivity index (χ4v) is 3.04. The molecule has 2 N–H and O–H groups in total. The third-order valence-corrected chi connectivity index (χ3v) is 4.51. The number of ketones is 1. The van der Waals surface area contributed by atoms with E-state index in [0.717, 1.165) is 0 Å². The third-order valence-electron chi connectivity index (χ3n) is 4.51. The highest BCUT2D eigenvalue weighted by atomic mass is 19.1. The Labute approximate surface area is 156 Å². The fourth-order valence-electron chi connectivity index (χ4n) is 3.04. The number of nitrogens with two attached hydrogens (primary N) is 1. The monoisotopic (exact) mass is 366 g/mol. The van der Waals surface area contributed by atoms with Crippen molar-refractivity contribution in [2.24, 2.45) is 10.7 Å². The Bertz CT molecular complexity index is 934. The smallest absolute Gasteiger partial charge is 0.205 e. The van der Waals surface area contributed by atoms with Gasteiger partial charge in [0.1, 0.15) is 24.0 Å². The predicted octanol–water partition coefficient (Wildman–Crippen LogP) is 3.19. The molecular weight excluding hydrogens is 347 g/mol. The van der Waals surface area contributed by atoms with Crippen LogP contribution >= 0.6 is 0 Å². The first-order valence-corrected chi connectivity index (χ1v) is 8.49. The Morgan fingerprint density at radius 1 is 1.41 bits per heavy atom. The molecule has 0 bridgehead atoms. The molecule has 1 aromatic carbocycles. The number of pyridine rings is 1. The van der Waals surface area contributed by atoms with Gasteiger partial charge >= 0.3 is 0 Å². The van der Waals surface area contributed by atoms with E-state index >= 15 is 0 Å². The molecule has 0 aliphatic carbocycles. The second-order valence-electron chi connectivity index (χ2n) is 6.61. The molecule has 2 heterocycles. The number of carbonyl (C=O) groups excluding carboxylic acids is 1. The lowest BCUT2D eigenvalue weighted by atomic mass is 9.87. The highest BCUT2D eigenvalue weighted by molar-refractivity contribution is 5.96. The van der Waals surface area contributed by atoms with Gasteiger partial charge in [-0.05, 0) is 37.1 Å². The molecule has 27 heavy (non-hydrogen) atoms. The third kappa shape index (κ3) is 4.18. The van der Waals surface area contributed by atoms with E-state index in [1.54, 1.807) is 18.2 Å². The molecule has 2 aromatic rings. The first-order chi connectivity index (χ1) is 12.9. The van der Waals surface area contributed by atoms with Crippen molar-refractivity contribution in [1.82, 2.24) is 4.98 Å². The summed E-state index contributed by atoms with van der Waals surface area (Å²) in [7, 11) is 0. The normalized spacial score (nSPS) is 19.7. The first-order valence-electron chi connectivity index (χ1n) is 8.49. The standard InChI is InChI=1S/C20H19FN4O2/c1-20(7-8-27-12-19(22)25-20)15-9-13(3-5-16(15)21)10-18(26)17-6-4-14(23-2)11-24-17/h3-6,9,11H,7-8,10,12H2,1H3,(H2,22,25)/t20-/m0/s1. The lowest BCUT2D eigenvalue weighted by Gasteiger charge is -2.25. The van der Waals surface area contributed by atoms with Crippen LogP contribution in [0.4, 0.5) is 10.1 Å². The minimum absolute atomic E-state index is 0.0728. The maximum Gasteiger partial charge on any atom is 0.205 e. The quantitative estimate of drug-likeness (QED) is 0.665. The summed E-state index contributed by atoms with van der Waals surface area (Å²) in [5, 5.41) is 0. The van der Waals surface area contributed by atoms with Gasteiger partial charge in [-0.3, -0.25) is 14.8 Å². The number of carbonyl (C=O) groups is 1. The Hall–Kier alpha value is -3.11. The molecule has 1 aliphatic rings. The van der Waals surface area contributed by atoms with Crippen molar-refractivity contribution in [3.8, 4) is 0 Å². The number of ether oxygens (including phenoxy) is 1. The molecule has 138 valence electrons. The summed E-state index contributed by atoms with van der Waals surface area (Å²) < 4.78 is 19.9. The molecule has 3 rings (SSSR count). The van der Waals surface area contributed by atoms with E-state index in [1.807, 2.05) is 6.92 Å². The highest BCUT2D eigenvalue weighted by Crippen LogP contribution is 2.33. The SMILES string of the molecule is [C-]#[N+]c1ccc(C(=O)Cc2ccc(F)c([C@]3(C)CCOCC(N)=N3)c2)nc1. The highest BCUT2D eigenvalue weighted by Gasteiger charge is 2.31. The summed E-state index contributed by atoms with van der Waals surface area (Å²) >= 11 is 0. The van der Waals surface area contributed by atoms with Gasteiger partial charge in [0.05, 0.1) is 12.1 Å². The van der Waals surface area contributed by atoms with Gasteiger partial charge in [-0.2, -0.15) is 0 Å². The largest absolute Gasteiger partial charge is 0.386 e. The van der Waals surface area contributed by atoms with Crippen LogP contribution in [0.1, 0.15) is 35.0 Å². The summed E-state index contributed by atoms with van der Waals surface area (Å²) in [6, 6.07) is 7.65. The van der Waals surface area contributed by atoms with Crippen LogP contribution in [0.2, 0.25) is 0 Å². The topological polar surface area (TPSA) is 81.9 Å². The van der Waals surface area contributed by atoms with E-state index in [9.17, 15) is 9.18 Å². The number of amidine groups is 1. The van der Waals surface area contributed by atoms with E-state index in [-0.39, 0.29) is 24.5 Å². The van der Waals surface area contributed by atoms with Crippen molar-refractivity contribution in [3.63, 3.8) is 0 Å². The van der Waals surface area contributed by atoms with Crippen LogP contribution < -0.4 is 5.73 Å². The van der Waals surface area contributed by atoms with Crippen LogP contribution in [0.15, 0.2) is 41.5 Å². The van der Waals surface area contributed by atoms with Crippen LogP contribution in [0.3, 0.4) is 0 Å². The number of aromatic nitrogens is 1. The molecule has 0 amide bonds. The van der Waals surface area contributed by atoms with E-state index in [2.05, 4.69) is 14.8 Å². The average molecular weight is 366 g/mol. The molecule has 0 saturated carbocycles. The van der Waals surface area contributed by atoms with Crippen LogP contribution in [0.25, 0.3) is 4.85 Å². The molecule has 1 aliphatic heterocycles. The number of hydrogen-bond acceptors (Lipinski definition) is 5. The van der Waals surface area contributed by atoms with Crippen molar-refractivity contribution in [2.75, 3.05) is 13.2 Å². The molecular formula is C20H19FN4O2. The molecule has 7 heteroatoms. The van der Waals surface area contributed by atoms with Gasteiger partial charge in [-0.25, -0.2) is 9.24 Å². The second kappa shape index (κ2) is 7.64. The zero-order valence-corrected chi connectivity index (χ0v) is 14.9. The lowest BCUT2D eigenvalue weighted by Crippen LogP contribution is -2.25. The molecule has 0 radical (unpaired) electrons. The molecule has 0 spiro atoms. The Morgan fingerprint density at radius 3 is 2.93 bits per heavy atom. The zero-order valence-electron chi connectivity index (χ0n) is 14.9. The number of rotatable bonds is 4. The van der Waals surface area contributed by atoms with Gasteiger partial charge in [0, 0.05) is 24.8 Å². The van der Waals surface area contributed by atoms with Crippen LogP contribution in [0, 0.1) is 12.4 Å². The maximum atomic E-state index is 14.5. The molecule has 1 aromatic heterocycles. The number of halogens is 1. The van der Waals surface area contributed by atoms with Gasteiger partial charge in [0.25, 0.3) is 0 Å². The van der Waals surface area contributed by atoms with Crippen molar-refractivity contribution in [3.05, 3.63) is 70.6 Å². The number of hydrogen-bond donors (Lipinski definition) is 1. The zero-order chi connectivity index (χ0) is 19.4.